The fourth-order valence-corrected chi connectivity index (χ4v) is 8.69. The van der Waals surface area contributed by atoms with E-state index in [1.165, 1.54) is 0 Å². The second-order valence-electron chi connectivity index (χ2n) is 6.30. The Hall–Kier alpha value is -2.59. The van der Waals surface area contributed by atoms with Gasteiger partial charge in [0.2, 0.25) is 0 Å². The number of benzene rings is 4. The molecule has 1 nitrogen and oxygen atoms in total. The lowest BCUT2D eigenvalue weighted by Crippen LogP contribution is -2.23. The molecule has 0 N–H and O–H groups in total. The lowest BCUT2D eigenvalue weighted by molar-refractivity contribution is 0.275. The molecule has 3 heteroatoms. The van der Waals surface area contributed by atoms with Crippen LogP contribution < -0.4 is 21.2 Å². The molecule has 0 saturated carbocycles. The molecule has 0 saturated heterocycles. The van der Waals surface area contributed by atoms with Gasteiger partial charge in [0.1, 0.15) is 0 Å². The van der Waals surface area contributed by atoms with Crippen molar-refractivity contribution >= 4 is 42.3 Å². The smallest absolute Gasteiger partial charge is 0.193 e. The van der Waals surface area contributed by atoms with Gasteiger partial charge in [0, 0.05) is 15.8 Å². The van der Waals surface area contributed by atoms with Crippen LogP contribution in [-0.4, -0.2) is 5.27 Å². The third-order valence-electron chi connectivity index (χ3n) is 4.44. The zero-order valence-electron chi connectivity index (χ0n) is 15.3. The molecule has 4 aromatic carbocycles. The van der Waals surface area contributed by atoms with E-state index in [-0.39, 0.29) is 0 Å². The predicted molar refractivity (Wildman–Crippen MR) is 124 cm³/mol. The molecule has 0 aromatic heterocycles. The van der Waals surface area contributed by atoms with E-state index >= 15 is 0 Å². The van der Waals surface area contributed by atoms with Crippen molar-refractivity contribution < 1.29 is 4.79 Å². The average Bonchev–Trinajstić information content (AvgIpc) is 2.77. The maximum atomic E-state index is 14.1. The van der Waals surface area contributed by atoms with Crippen LogP contribution in [0.25, 0.3) is 0 Å². The molecule has 0 aliphatic rings. The minimum absolute atomic E-state index is 0.319. The summed E-state index contributed by atoms with van der Waals surface area (Å²) < 4.78 is 0. The molecule has 4 aromatic rings. The van der Waals surface area contributed by atoms with Gasteiger partial charge in [-0.15, -0.1) is 0 Å². The van der Waals surface area contributed by atoms with Gasteiger partial charge >= 0.3 is 0 Å². The van der Waals surface area contributed by atoms with Gasteiger partial charge in [-0.25, -0.2) is 0 Å². The summed E-state index contributed by atoms with van der Waals surface area (Å²) in [7, 11) is -2.22. The molecule has 0 unspecified atom stereocenters. The van der Waals surface area contributed by atoms with Crippen LogP contribution in [0.5, 0.6) is 0 Å². The third kappa shape index (κ3) is 4.12. The van der Waals surface area contributed by atoms with Gasteiger partial charge in [0.25, 0.3) is 0 Å². The fourth-order valence-electron chi connectivity index (χ4n) is 3.15. The fraction of sp³-hybridized carbons (Fsp3) is 0. The van der Waals surface area contributed by atoms with E-state index in [2.05, 4.69) is 48.5 Å². The van der Waals surface area contributed by atoms with Gasteiger partial charge < -0.3 is 0 Å². The van der Waals surface area contributed by atoms with Crippen molar-refractivity contribution in [2.24, 2.45) is 0 Å². The van der Waals surface area contributed by atoms with Crippen molar-refractivity contribution in [3.05, 3.63) is 121 Å². The standard InChI is InChI=1S/C25H20OP2/c26-25(27(21-13-5-1-6-14-21)22-15-7-2-8-16-22)28(23-17-9-3-10-18-23)24-19-11-4-12-20-24/h1-20H. The highest BCUT2D eigenvalue weighted by molar-refractivity contribution is 8.11. The maximum Gasteiger partial charge on any atom is 0.193 e. The normalized spacial score (nSPS) is 10.9. The minimum atomic E-state index is -1.11. The summed E-state index contributed by atoms with van der Waals surface area (Å²) in [4.78, 5) is 14.1. The molecule has 0 aliphatic heterocycles. The summed E-state index contributed by atoms with van der Waals surface area (Å²) in [6, 6.07) is 40.9. The first-order valence-electron chi connectivity index (χ1n) is 9.19. The Balaban J connectivity index is 1.85. The Morgan fingerprint density at radius 3 is 0.821 bits per heavy atom. The van der Waals surface area contributed by atoms with E-state index in [4.69, 9.17) is 0 Å². The molecule has 136 valence electrons. The van der Waals surface area contributed by atoms with Crippen LogP contribution in [0.1, 0.15) is 0 Å². The number of carbonyl (C=O) groups excluding carboxylic acids is 1. The minimum Gasteiger partial charge on any atom is -0.288 e. The highest BCUT2D eigenvalue weighted by Gasteiger charge is 2.31. The zero-order valence-corrected chi connectivity index (χ0v) is 17.1. The molecule has 0 atom stereocenters. The van der Waals surface area contributed by atoms with Crippen LogP contribution in [0.15, 0.2) is 121 Å². The van der Waals surface area contributed by atoms with Crippen LogP contribution in [0, 0.1) is 0 Å². The molecular formula is C25H20OP2. The van der Waals surface area contributed by atoms with E-state index in [0.717, 1.165) is 21.2 Å². The van der Waals surface area contributed by atoms with Crippen molar-refractivity contribution in [3.63, 3.8) is 0 Å². The highest BCUT2D eigenvalue weighted by Crippen LogP contribution is 2.51. The van der Waals surface area contributed by atoms with Gasteiger partial charge in [-0.3, -0.25) is 4.79 Å². The molecule has 0 fully saturated rings. The Morgan fingerprint density at radius 1 is 0.393 bits per heavy atom. The SMILES string of the molecule is O=C(P(c1ccccc1)c1ccccc1)P(c1ccccc1)c1ccccc1. The number of hydrogen-bond acceptors (Lipinski definition) is 1. The quantitative estimate of drug-likeness (QED) is 0.399. The van der Waals surface area contributed by atoms with Gasteiger partial charge in [-0.2, -0.15) is 0 Å². The first-order valence-corrected chi connectivity index (χ1v) is 11.9. The first-order chi connectivity index (χ1) is 13.8. The van der Waals surface area contributed by atoms with Crippen molar-refractivity contribution in [2.45, 2.75) is 0 Å². The molecule has 0 radical (unpaired) electrons. The highest BCUT2D eigenvalue weighted by atomic mass is 31.2. The maximum absolute atomic E-state index is 14.1. The molecule has 0 heterocycles. The van der Waals surface area contributed by atoms with Crippen molar-refractivity contribution in [3.8, 4) is 0 Å². The van der Waals surface area contributed by atoms with Crippen molar-refractivity contribution in [1.29, 1.82) is 0 Å². The van der Waals surface area contributed by atoms with Gasteiger partial charge in [0.15, 0.2) is 5.27 Å². The van der Waals surface area contributed by atoms with E-state index in [1.54, 1.807) is 0 Å². The Labute approximate surface area is 168 Å². The second kappa shape index (κ2) is 9.07. The van der Waals surface area contributed by atoms with Crippen molar-refractivity contribution in [2.75, 3.05) is 0 Å². The van der Waals surface area contributed by atoms with Gasteiger partial charge in [-0.1, -0.05) is 121 Å². The van der Waals surface area contributed by atoms with E-state index < -0.39 is 15.8 Å². The van der Waals surface area contributed by atoms with Crippen LogP contribution in [0.2, 0.25) is 0 Å². The number of hydrogen-bond donors (Lipinski definition) is 0. The summed E-state index contributed by atoms with van der Waals surface area (Å²) in [6.07, 6.45) is 0. The van der Waals surface area contributed by atoms with Crippen LogP contribution >= 0.6 is 15.8 Å². The average molecular weight is 398 g/mol. The molecule has 4 rings (SSSR count). The summed E-state index contributed by atoms with van der Waals surface area (Å²) in [6.45, 7) is 0. The largest absolute Gasteiger partial charge is 0.288 e. The zero-order chi connectivity index (χ0) is 19.2. The summed E-state index contributed by atoms with van der Waals surface area (Å²) in [5, 5.41) is 4.74. The van der Waals surface area contributed by atoms with E-state index in [0.29, 0.717) is 5.27 Å². The Bertz CT molecular complexity index is 855. The lowest BCUT2D eigenvalue weighted by atomic mass is 10.4. The van der Waals surface area contributed by atoms with Gasteiger partial charge in [0.05, 0.1) is 0 Å². The number of carbonyl (C=O) groups is 1. The predicted octanol–water partition coefficient (Wildman–Crippen LogP) is 5.37. The lowest BCUT2D eigenvalue weighted by Gasteiger charge is -2.24. The van der Waals surface area contributed by atoms with Crippen LogP contribution in [0.3, 0.4) is 0 Å². The number of rotatable bonds is 6. The van der Waals surface area contributed by atoms with Crippen molar-refractivity contribution in [1.82, 2.24) is 0 Å². The third-order valence-corrected chi connectivity index (χ3v) is 9.66. The molecular weight excluding hydrogens is 378 g/mol. The Morgan fingerprint density at radius 2 is 0.607 bits per heavy atom. The van der Waals surface area contributed by atoms with Gasteiger partial charge in [-0.05, 0) is 21.2 Å². The second-order valence-corrected chi connectivity index (χ2v) is 10.9. The summed E-state index contributed by atoms with van der Waals surface area (Å²) >= 11 is 0. The molecule has 28 heavy (non-hydrogen) atoms. The Kier molecular flexibility index (Phi) is 6.07. The van der Waals surface area contributed by atoms with Crippen LogP contribution in [0.4, 0.5) is 4.79 Å². The monoisotopic (exact) mass is 398 g/mol. The molecule has 0 amide bonds. The summed E-state index contributed by atoms with van der Waals surface area (Å²) in [5.41, 5.74) is 0. The molecule has 0 bridgehead atoms. The molecule has 0 aliphatic carbocycles. The topological polar surface area (TPSA) is 17.1 Å². The summed E-state index contributed by atoms with van der Waals surface area (Å²) in [5.74, 6) is 0. The molecule has 0 spiro atoms. The van der Waals surface area contributed by atoms with E-state index in [9.17, 15) is 4.79 Å². The first kappa shape index (κ1) is 18.8. The van der Waals surface area contributed by atoms with E-state index in [1.807, 2.05) is 72.8 Å². The van der Waals surface area contributed by atoms with Crippen LogP contribution in [-0.2, 0) is 0 Å².